The van der Waals surface area contributed by atoms with Gasteiger partial charge in [0.05, 0.1) is 0 Å². The first-order valence-corrected chi connectivity index (χ1v) is 18.8. The fourth-order valence-corrected chi connectivity index (χ4v) is 8.61. The summed E-state index contributed by atoms with van der Waals surface area (Å²) in [5.74, 6) is 0.602. The molecule has 10 aromatic carbocycles. The van der Waals surface area contributed by atoms with Gasteiger partial charge in [-0.1, -0.05) is 182 Å². The number of nitrogens with zero attached hydrogens (tertiary/aromatic N) is 1. The molecule has 0 saturated heterocycles. The fourth-order valence-electron chi connectivity index (χ4n) is 8.61. The number of aromatic nitrogens is 1. The highest BCUT2D eigenvalue weighted by atomic mass is 16.3. The first-order valence-electron chi connectivity index (χ1n) is 18.8. The van der Waals surface area contributed by atoms with Gasteiger partial charge in [0.25, 0.3) is 0 Å². The predicted molar refractivity (Wildman–Crippen MR) is 231 cm³/mol. The Kier molecular flexibility index (Phi) is 7.21. The molecule has 0 spiro atoms. The molecule has 0 bridgehead atoms. The van der Waals surface area contributed by atoms with Crippen LogP contribution in [-0.4, -0.2) is 4.98 Å². The van der Waals surface area contributed by atoms with Crippen molar-refractivity contribution in [3.05, 3.63) is 200 Å². The molecule has 0 atom stereocenters. The highest BCUT2D eigenvalue weighted by molar-refractivity contribution is 6.21. The van der Waals surface area contributed by atoms with Crippen molar-refractivity contribution in [2.45, 2.75) is 0 Å². The number of hydrogen-bond acceptors (Lipinski definition) is 2. The average molecular weight is 700 g/mol. The third-order valence-corrected chi connectivity index (χ3v) is 11.1. The molecule has 0 fully saturated rings. The van der Waals surface area contributed by atoms with Crippen molar-refractivity contribution in [1.82, 2.24) is 4.98 Å². The van der Waals surface area contributed by atoms with Gasteiger partial charge < -0.3 is 4.42 Å². The van der Waals surface area contributed by atoms with Crippen LogP contribution < -0.4 is 0 Å². The van der Waals surface area contributed by atoms with Crippen molar-refractivity contribution in [1.29, 1.82) is 0 Å². The SMILES string of the molecule is c1ccc(-c2c3ccccc3c(-c3ccc(-c4nc5c(-c6cccc7ccccc67)ccc(-c6cccc7ccccc67)c5o4)cc3)c3ccccc23)cc1. The zero-order chi connectivity index (χ0) is 36.3. The third kappa shape index (κ3) is 5.07. The summed E-state index contributed by atoms with van der Waals surface area (Å²) in [5.41, 5.74) is 11.8. The summed E-state index contributed by atoms with van der Waals surface area (Å²) in [5, 5.41) is 9.71. The summed E-state index contributed by atoms with van der Waals surface area (Å²) in [6.07, 6.45) is 0. The molecular weight excluding hydrogens is 667 g/mol. The summed E-state index contributed by atoms with van der Waals surface area (Å²) < 4.78 is 6.90. The number of benzene rings is 10. The van der Waals surface area contributed by atoms with E-state index in [0.29, 0.717) is 5.89 Å². The molecule has 11 rings (SSSR count). The maximum Gasteiger partial charge on any atom is 0.227 e. The molecule has 55 heavy (non-hydrogen) atoms. The molecule has 1 aromatic heterocycles. The summed E-state index contributed by atoms with van der Waals surface area (Å²) >= 11 is 0. The zero-order valence-electron chi connectivity index (χ0n) is 29.9. The Morgan fingerprint density at radius 2 is 0.709 bits per heavy atom. The second-order valence-electron chi connectivity index (χ2n) is 14.2. The van der Waals surface area contributed by atoms with E-state index in [-0.39, 0.29) is 0 Å². The molecule has 0 unspecified atom stereocenters. The number of oxazole rings is 1. The standard InChI is InChI=1S/C53H33NO/c1-2-16-36(17-3-1)49-43-22-8-10-24-45(43)50(46-25-11-9-23-44(46)49)37-28-30-38(31-29-37)53-54-51-47(41-26-12-18-34-14-4-6-20-39(34)41)32-33-48(52(51)55-53)42-27-13-19-35-15-5-7-21-40(35)42/h1-33H. The van der Waals surface area contributed by atoms with Crippen LogP contribution in [0.25, 0.3) is 110 Å². The molecule has 0 saturated carbocycles. The molecule has 0 aliphatic rings. The lowest BCUT2D eigenvalue weighted by molar-refractivity contribution is 0.621. The smallest absolute Gasteiger partial charge is 0.227 e. The van der Waals surface area contributed by atoms with Gasteiger partial charge in [0.1, 0.15) is 5.52 Å². The van der Waals surface area contributed by atoms with Crippen LogP contribution in [0.5, 0.6) is 0 Å². The van der Waals surface area contributed by atoms with Gasteiger partial charge in [-0.05, 0) is 94.7 Å². The molecule has 0 N–H and O–H groups in total. The molecule has 0 aliphatic heterocycles. The normalized spacial score (nSPS) is 11.6. The average Bonchev–Trinajstić information content (AvgIpc) is 3.71. The second-order valence-corrected chi connectivity index (χ2v) is 14.2. The zero-order valence-corrected chi connectivity index (χ0v) is 29.9. The molecule has 1 heterocycles. The van der Waals surface area contributed by atoms with Crippen LogP contribution in [0.1, 0.15) is 0 Å². The van der Waals surface area contributed by atoms with E-state index in [2.05, 4.69) is 200 Å². The van der Waals surface area contributed by atoms with Crippen molar-refractivity contribution in [2.24, 2.45) is 0 Å². The molecular formula is C53H33NO. The van der Waals surface area contributed by atoms with E-state index in [9.17, 15) is 0 Å². The molecule has 11 aromatic rings. The van der Waals surface area contributed by atoms with Gasteiger partial charge in [-0.25, -0.2) is 4.98 Å². The quantitative estimate of drug-likeness (QED) is 0.167. The minimum Gasteiger partial charge on any atom is -0.435 e. The maximum absolute atomic E-state index is 6.90. The molecule has 0 amide bonds. The van der Waals surface area contributed by atoms with Crippen LogP contribution in [0.3, 0.4) is 0 Å². The highest BCUT2D eigenvalue weighted by Gasteiger charge is 2.21. The summed E-state index contributed by atoms with van der Waals surface area (Å²) in [6, 6.07) is 71.5. The lowest BCUT2D eigenvalue weighted by Crippen LogP contribution is -1.90. The minimum absolute atomic E-state index is 0.602. The summed E-state index contributed by atoms with van der Waals surface area (Å²) in [4.78, 5) is 5.31. The van der Waals surface area contributed by atoms with Gasteiger partial charge >= 0.3 is 0 Å². The van der Waals surface area contributed by atoms with Gasteiger partial charge in [0.15, 0.2) is 5.58 Å². The van der Waals surface area contributed by atoms with E-state index in [1.165, 1.54) is 59.8 Å². The second kappa shape index (κ2) is 12.7. The topological polar surface area (TPSA) is 26.0 Å². The van der Waals surface area contributed by atoms with Crippen LogP contribution in [0.2, 0.25) is 0 Å². The lowest BCUT2D eigenvalue weighted by atomic mass is 9.86. The summed E-state index contributed by atoms with van der Waals surface area (Å²) in [7, 11) is 0. The van der Waals surface area contributed by atoms with Crippen molar-refractivity contribution in [3.8, 4) is 56.0 Å². The van der Waals surface area contributed by atoms with E-state index in [1.54, 1.807) is 0 Å². The van der Waals surface area contributed by atoms with Gasteiger partial charge in [0, 0.05) is 16.7 Å². The van der Waals surface area contributed by atoms with Crippen LogP contribution in [0.15, 0.2) is 205 Å². The van der Waals surface area contributed by atoms with Gasteiger partial charge in [-0.15, -0.1) is 0 Å². The van der Waals surface area contributed by atoms with Crippen molar-refractivity contribution in [2.75, 3.05) is 0 Å². The molecule has 256 valence electrons. The third-order valence-electron chi connectivity index (χ3n) is 11.1. The van der Waals surface area contributed by atoms with Gasteiger partial charge in [0.2, 0.25) is 5.89 Å². The molecule has 0 aliphatic carbocycles. The number of rotatable bonds is 5. The lowest BCUT2D eigenvalue weighted by Gasteiger charge is -2.17. The number of fused-ring (bicyclic) bond motifs is 5. The Labute approximate surface area is 318 Å². The first kappa shape index (κ1) is 31.3. The Hall–Kier alpha value is -7.29. The fraction of sp³-hybridized carbons (Fsp3) is 0. The Morgan fingerprint density at radius 3 is 1.27 bits per heavy atom. The van der Waals surface area contributed by atoms with Crippen molar-refractivity contribution in [3.63, 3.8) is 0 Å². The highest BCUT2D eigenvalue weighted by Crippen LogP contribution is 2.45. The van der Waals surface area contributed by atoms with Gasteiger partial charge in [-0.2, -0.15) is 0 Å². The van der Waals surface area contributed by atoms with E-state index in [1.807, 2.05) is 0 Å². The number of hydrogen-bond donors (Lipinski definition) is 0. The molecule has 2 heteroatoms. The van der Waals surface area contributed by atoms with E-state index in [0.717, 1.165) is 44.5 Å². The Morgan fingerprint density at radius 1 is 0.291 bits per heavy atom. The maximum atomic E-state index is 6.90. The monoisotopic (exact) mass is 699 g/mol. The van der Waals surface area contributed by atoms with Gasteiger partial charge in [-0.3, -0.25) is 0 Å². The summed E-state index contributed by atoms with van der Waals surface area (Å²) in [6.45, 7) is 0. The van der Waals surface area contributed by atoms with Crippen molar-refractivity contribution >= 4 is 54.2 Å². The molecule has 0 radical (unpaired) electrons. The predicted octanol–water partition coefficient (Wildman–Crippen LogP) is 14.8. The van der Waals surface area contributed by atoms with Crippen LogP contribution in [0.4, 0.5) is 0 Å². The van der Waals surface area contributed by atoms with Crippen LogP contribution in [0, 0.1) is 0 Å². The first-order chi connectivity index (χ1) is 27.3. The minimum atomic E-state index is 0.602. The van der Waals surface area contributed by atoms with E-state index in [4.69, 9.17) is 9.40 Å². The Bertz CT molecular complexity index is 3060. The Balaban J connectivity index is 1.10. The van der Waals surface area contributed by atoms with E-state index < -0.39 is 0 Å². The van der Waals surface area contributed by atoms with Crippen molar-refractivity contribution < 1.29 is 4.42 Å². The largest absolute Gasteiger partial charge is 0.435 e. The molecule has 2 nitrogen and oxygen atoms in total. The van der Waals surface area contributed by atoms with Crippen LogP contribution in [-0.2, 0) is 0 Å². The van der Waals surface area contributed by atoms with E-state index >= 15 is 0 Å². The van der Waals surface area contributed by atoms with Crippen LogP contribution >= 0.6 is 0 Å².